The maximum absolute atomic E-state index is 12.3. The first-order valence-electron chi connectivity index (χ1n) is 5.21. The molecule has 1 aromatic carbocycles. The standard InChI is InChI=1S/C11H8Cl2N2O4S/c1-19-7-2-4-8(5-3-7)20(17,18)15-11(16)10(13)9(12)6-14-15/h2-6H,1H3. The third-order valence-corrected chi connectivity index (χ3v) is 4.76. The molecule has 0 atom stereocenters. The summed E-state index contributed by atoms with van der Waals surface area (Å²) in [5.74, 6) is 0.485. The van der Waals surface area contributed by atoms with Crippen molar-refractivity contribution in [1.82, 2.24) is 9.19 Å². The smallest absolute Gasteiger partial charge is 0.301 e. The molecule has 1 aromatic heterocycles. The summed E-state index contributed by atoms with van der Waals surface area (Å²) >= 11 is 11.2. The van der Waals surface area contributed by atoms with Gasteiger partial charge in [-0.25, -0.2) is 0 Å². The van der Waals surface area contributed by atoms with Crippen LogP contribution in [0.15, 0.2) is 40.2 Å². The molecule has 0 aliphatic rings. The van der Waals surface area contributed by atoms with Crippen LogP contribution in [0, 0.1) is 0 Å². The van der Waals surface area contributed by atoms with Crippen LogP contribution in [0.3, 0.4) is 0 Å². The van der Waals surface area contributed by atoms with Gasteiger partial charge in [-0.3, -0.25) is 4.79 Å². The average Bonchev–Trinajstić information content (AvgIpc) is 2.44. The molecule has 9 heteroatoms. The Labute approximate surface area is 124 Å². The zero-order valence-electron chi connectivity index (χ0n) is 10.1. The lowest BCUT2D eigenvalue weighted by molar-refractivity contribution is 0.414. The molecule has 6 nitrogen and oxygen atoms in total. The van der Waals surface area contributed by atoms with E-state index in [-0.39, 0.29) is 9.92 Å². The van der Waals surface area contributed by atoms with Crippen LogP contribution in [0.4, 0.5) is 0 Å². The highest BCUT2D eigenvalue weighted by Gasteiger charge is 2.22. The molecule has 106 valence electrons. The predicted molar refractivity (Wildman–Crippen MR) is 74.1 cm³/mol. The largest absolute Gasteiger partial charge is 0.497 e. The van der Waals surface area contributed by atoms with E-state index in [0.29, 0.717) is 9.84 Å². The van der Waals surface area contributed by atoms with E-state index in [2.05, 4.69) is 5.10 Å². The highest BCUT2D eigenvalue weighted by atomic mass is 35.5. The summed E-state index contributed by atoms with van der Waals surface area (Å²) in [6.07, 6.45) is 0.992. The van der Waals surface area contributed by atoms with Gasteiger partial charge in [-0.15, -0.1) is 4.09 Å². The second-order valence-electron chi connectivity index (χ2n) is 3.64. The van der Waals surface area contributed by atoms with Crippen molar-refractivity contribution in [2.24, 2.45) is 0 Å². The van der Waals surface area contributed by atoms with Gasteiger partial charge in [0.2, 0.25) is 0 Å². The summed E-state index contributed by atoms with van der Waals surface area (Å²) in [6, 6.07) is 5.50. The van der Waals surface area contributed by atoms with Crippen molar-refractivity contribution < 1.29 is 13.2 Å². The van der Waals surface area contributed by atoms with E-state index in [0.717, 1.165) is 6.20 Å². The SMILES string of the molecule is COc1ccc(S(=O)(=O)n2ncc(Cl)c(Cl)c2=O)cc1. The third kappa shape index (κ3) is 2.52. The topological polar surface area (TPSA) is 78.3 Å². The Kier molecular flexibility index (Phi) is 4.03. The number of aromatic nitrogens is 2. The van der Waals surface area contributed by atoms with Crippen LogP contribution in [-0.2, 0) is 10.0 Å². The van der Waals surface area contributed by atoms with Crippen molar-refractivity contribution in [2.45, 2.75) is 4.90 Å². The van der Waals surface area contributed by atoms with Crippen LogP contribution in [0.2, 0.25) is 10.0 Å². The minimum Gasteiger partial charge on any atom is -0.497 e. The van der Waals surface area contributed by atoms with Gasteiger partial charge in [0.1, 0.15) is 10.8 Å². The Morgan fingerprint density at radius 3 is 2.35 bits per heavy atom. The first-order chi connectivity index (χ1) is 9.37. The van der Waals surface area contributed by atoms with E-state index in [9.17, 15) is 13.2 Å². The van der Waals surface area contributed by atoms with Crippen LogP contribution in [0.1, 0.15) is 0 Å². The van der Waals surface area contributed by atoms with Gasteiger partial charge in [0.25, 0.3) is 10.0 Å². The Bertz CT molecular complexity index is 800. The number of benzene rings is 1. The fourth-order valence-corrected chi connectivity index (χ4v) is 2.88. The average molecular weight is 335 g/mol. The van der Waals surface area contributed by atoms with Crippen molar-refractivity contribution in [3.05, 3.63) is 50.9 Å². The summed E-state index contributed by atoms with van der Waals surface area (Å²) in [5.41, 5.74) is -1.00. The van der Waals surface area contributed by atoms with Gasteiger partial charge in [-0.1, -0.05) is 23.2 Å². The quantitative estimate of drug-likeness (QED) is 0.855. The van der Waals surface area contributed by atoms with Gasteiger partial charge in [0.05, 0.1) is 23.2 Å². The lowest BCUT2D eigenvalue weighted by atomic mass is 10.3. The zero-order valence-corrected chi connectivity index (χ0v) is 12.4. The van der Waals surface area contributed by atoms with Gasteiger partial charge < -0.3 is 4.74 Å². The Hall–Kier alpha value is -1.57. The second-order valence-corrected chi connectivity index (χ2v) is 6.19. The monoisotopic (exact) mass is 334 g/mol. The van der Waals surface area contributed by atoms with E-state index < -0.39 is 20.6 Å². The van der Waals surface area contributed by atoms with Crippen LogP contribution < -0.4 is 10.3 Å². The number of hydrogen-bond acceptors (Lipinski definition) is 5. The molecule has 0 unspecified atom stereocenters. The van der Waals surface area contributed by atoms with Crippen LogP contribution in [0.5, 0.6) is 5.75 Å². The van der Waals surface area contributed by atoms with Gasteiger partial charge >= 0.3 is 5.56 Å². The second kappa shape index (κ2) is 5.43. The molecule has 2 rings (SSSR count). The third-order valence-electron chi connectivity index (χ3n) is 2.43. The molecule has 0 saturated carbocycles. The van der Waals surface area contributed by atoms with E-state index in [4.69, 9.17) is 27.9 Å². The van der Waals surface area contributed by atoms with Crippen LogP contribution in [-0.4, -0.2) is 24.7 Å². The first-order valence-corrected chi connectivity index (χ1v) is 7.40. The molecule has 0 fully saturated rings. The zero-order chi connectivity index (χ0) is 14.9. The summed E-state index contributed by atoms with van der Waals surface area (Å²) in [4.78, 5) is 11.7. The Morgan fingerprint density at radius 2 is 1.80 bits per heavy atom. The minimum absolute atomic E-state index is 0.113. The fourth-order valence-electron chi connectivity index (χ4n) is 1.42. The van der Waals surface area contributed by atoms with Gasteiger partial charge in [-0.2, -0.15) is 13.5 Å². The van der Waals surface area contributed by atoms with E-state index in [1.54, 1.807) is 0 Å². The number of methoxy groups -OCH3 is 1. The summed E-state index contributed by atoms with van der Waals surface area (Å²) in [6.45, 7) is 0. The number of nitrogens with zero attached hydrogens (tertiary/aromatic N) is 2. The van der Waals surface area contributed by atoms with Gasteiger partial charge in [0.15, 0.2) is 0 Å². The molecule has 20 heavy (non-hydrogen) atoms. The summed E-state index contributed by atoms with van der Waals surface area (Å²) in [7, 11) is -2.69. The Morgan fingerprint density at radius 1 is 1.20 bits per heavy atom. The summed E-state index contributed by atoms with van der Waals surface area (Å²) < 4.78 is 29.8. The molecule has 0 saturated heterocycles. The van der Waals surface area contributed by atoms with Crippen molar-refractivity contribution in [3.63, 3.8) is 0 Å². The first kappa shape index (κ1) is 14.8. The van der Waals surface area contributed by atoms with Crippen molar-refractivity contribution in [3.8, 4) is 5.75 Å². The number of rotatable bonds is 3. The number of halogens is 2. The molecular weight excluding hydrogens is 327 g/mol. The van der Waals surface area contributed by atoms with Crippen LogP contribution >= 0.6 is 23.2 Å². The fraction of sp³-hybridized carbons (Fsp3) is 0.0909. The molecule has 2 aromatic rings. The van der Waals surface area contributed by atoms with Gasteiger partial charge in [-0.05, 0) is 24.3 Å². The lowest BCUT2D eigenvalue weighted by Crippen LogP contribution is -2.30. The predicted octanol–water partition coefficient (Wildman–Crippen LogP) is 1.80. The molecule has 0 aliphatic carbocycles. The van der Waals surface area contributed by atoms with E-state index in [1.165, 1.54) is 31.4 Å². The molecule has 0 bridgehead atoms. The number of hydrogen-bond donors (Lipinski definition) is 0. The number of ether oxygens (including phenoxy) is 1. The molecule has 0 N–H and O–H groups in total. The molecule has 0 radical (unpaired) electrons. The maximum atomic E-state index is 12.3. The Balaban J connectivity index is 2.61. The van der Waals surface area contributed by atoms with E-state index in [1.807, 2.05) is 0 Å². The van der Waals surface area contributed by atoms with Crippen molar-refractivity contribution >= 4 is 33.2 Å². The molecule has 0 spiro atoms. The molecule has 0 aliphatic heterocycles. The van der Waals surface area contributed by atoms with Crippen molar-refractivity contribution in [1.29, 1.82) is 0 Å². The normalized spacial score (nSPS) is 11.3. The highest BCUT2D eigenvalue weighted by molar-refractivity contribution is 7.89. The van der Waals surface area contributed by atoms with Crippen LogP contribution in [0.25, 0.3) is 0 Å². The maximum Gasteiger partial charge on any atom is 0.301 e. The lowest BCUT2D eigenvalue weighted by Gasteiger charge is -2.07. The van der Waals surface area contributed by atoms with Gasteiger partial charge in [0, 0.05) is 0 Å². The highest BCUT2D eigenvalue weighted by Crippen LogP contribution is 2.19. The van der Waals surface area contributed by atoms with Crippen molar-refractivity contribution in [2.75, 3.05) is 7.11 Å². The molecule has 1 heterocycles. The summed E-state index contributed by atoms with van der Waals surface area (Å²) in [5, 5.41) is 2.98. The molecular formula is C11H8Cl2N2O4S. The van der Waals surface area contributed by atoms with E-state index >= 15 is 0 Å². The minimum atomic E-state index is -4.14. The molecule has 0 amide bonds.